The summed E-state index contributed by atoms with van der Waals surface area (Å²) in [5, 5.41) is 11.0. The van der Waals surface area contributed by atoms with Gasteiger partial charge in [0.05, 0.1) is 17.6 Å². The van der Waals surface area contributed by atoms with Crippen LogP contribution in [-0.4, -0.2) is 25.9 Å². The lowest BCUT2D eigenvalue weighted by molar-refractivity contribution is 0.102. The van der Waals surface area contributed by atoms with E-state index in [9.17, 15) is 4.79 Å². The number of aromatic nitrogens is 4. The second-order valence-electron chi connectivity index (χ2n) is 6.04. The lowest BCUT2D eigenvalue weighted by Gasteiger charge is -2.07. The first-order valence-corrected chi connectivity index (χ1v) is 8.68. The topological polar surface area (TPSA) is 81.9 Å². The molecule has 0 aliphatic carbocycles. The summed E-state index contributed by atoms with van der Waals surface area (Å²) >= 11 is 0. The summed E-state index contributed by atoms with van der Waals surface area (Å²) < 4.78 is 7.33. The van der Waals surface area contributed by atoms with Crippen LogP contribution >= 0.6 is 0 Å². The number of rotatable bonds is 5. The summed E-state index contributed by atoms with van der Waals surface area (Å²) in [6.45, 7) is 1.81. The Morgan fingerprint density at radius 1 is 0.964 bits per heavy atom. The van der Waals surface area contributed by atoms with E-state index in [-0.39, 0.29) is 11.6 Å². The Labute approximate surface area is 161 Å². The summed E-state index contributed by atoms with van der Waals surface area (Å²) in [6.07, 6.45) is 3.32. The van der Waals surface area contributed by atoms with Gasteiger partial charge in [-0.1, -0.05) is 23.4 Å². The zero-order valence-corrected chi connectivity index (χ0v) is 15.1. The van der Waals surface area contributed by atoms with Gasteiger partial charge in [0.15, 0.2) is 5.69 Å². The molecule has 0 aliphatic heterocycles. The van der Waals surface area contributed by atoms with Crippen LogP contribution in [0.2, 0.25) is 0 Å². The normalized spacial score (nSPS) is 10.5. The Hall–Kier alpha value is -4.00. The van der Waals surface area contributed by atoms with Crippen LogP contribution in [0.5, 0.6) is 11.5 Å². The number of carbonyl (C=O) groups is 1. The molecule has 0 spiro atoms. The molecule has 2 aromatic heterocycles. The predicted octanol–water partition coefficient (Wildman–Crippen LogP) is 4.02. The van der Waals surface area contributed by atoms with Crippen LogP contribution in [0.3, 0.4) is 0 Å². The number of amides is 1. The fraction of sp³-hybridized carbons (Fsp3) is 0.0476. The second-order valence-corrected chi connectivity index (χ2v) is 6.04. The average Bonchev–Trinajstić information content (AvgIpc) is 3.12. The molecule has 0 saturated heterocycles. The SMILES string of the molecule is Cc1c(C(=O)Nc2ccc(Oc3cccnc3)cc2)nnn1-c1ccccc1. The third-order valence-corrected chi connectivity index (χ3v) is 4.09. The molecular formula is C21H17N5O2. The average molecular weight is 371 g/mol. The molecule has 1 N–H and O–H groups in total. The molecule has 2 aromatic carbocycles. The Morgan fingerprint density at radius 3 is 2.46 bits per heavy atom. The summed E-state index contributed by atoms with van der Waals surface area (Å²) in [6, 6.07) is 20.3. The van der Waals surface area contributed by atoms with E-state index in [1.165, 1.54) is 0 Å². The smallest absolute Gasteiger partial charge is 0.278 e. The molecule has 0 unspecified atom stereocenters. The number of hydrogen-bond donors (Lipinski definition) is 1. The fourth-order valence-corrected chi connectivity index (χ4v) is 2.69. The van der Waals surface area contributed by atoms with Gasteiger partial charge in [-0.15, -0.1) is 5.10 Å². The van der Waals surface area contributed by atoms with Crippen LogP contribution in [0.15, 0.2) is 79.1 Å². The van der Waals surface area contributed by atoms with Crippen molar-refractivity contribution in [2.24, 2.45) is 0 Å². The highest BCUT2D eigenvalue weighted by molar-refractivity contribution is 6.03. The van der Waals surface area contributed by atoms with Crippen molar-refractivity contribution in [1.82, 2.24) is 20.0 Å². The number of para-hydroxylation sites is 1. The number of benzene rings is 2. The molecule has 0 radical (unpaired) electrons. The van der Waals surface area contributed by atoms with Crippen molar-refractivity contribution >= 4 is 11.6 Å². The maximum atomic E-state index is 12.6. The Kier molecular flexibility index (Phi) is 4.79. The summed E-state index contributed by atoms with van der Waals surface area (Å²) in [5.41, 5.74) is 2.43. The van der Waals surface area contributed by atoms with E-state index in [1.807, 2.05) is 43.3 Å². The van der Waals surface area contributed by atoms with Crippen molar-refractivity contribution in [3.63, 3.8) is 0 Å². The molecule has 1 amide bonds. The Bertz CT molecular complexity index is 1080. The van der Waals surface area contributed by atoms with E-state index < -0.39 is 0 Å². The fourth-order valence-electron chi connectivity index (χ4n) is 2.69. The number of ether oxygens (including phenoxy) is 1. The van der Waals surface area contributed by atoms with Gasteiger partial charge in [0.2, 0.25) is 0 Å². The van der Waals surface area contributed by atoms with Gasteiger partial charge in [-0.2, -0.15) is 0 Å². The monoisotopic (exact) mass is 371 g/mol. The molecule has 4 rings (SSSR count). The molecule has 0 bridgehead atoms. The number of hydrogen-bond acceptors (Lipinski definition) is 5. The number of carbonyl (C=O) groups excluding carboxylic acids is 1. The number of anilines is 1. The zero-order chi connectivity index (χ0) is 19.3. The van der Waals surface area contributed by atoms with Gasteiger partial charge in [-0.3, -0.25) is 9.78 Å². The Balaban J connectivity index is 1.46. The molecule has 0 atom stereocenters. The van der Waals surface area contributed by atoms with Gasteiger partial charge in [0.25, 0.3) is 5.91 Å². The van der Waals surface area contributed by atoms with Gasteiger partial charge in [-0.25, -0.2) is 4.68 Å². The number of nitrogens with one attached hydrogen (secondary N) is 1. The minimum Gasteiger partial charge on any atom is -0.456 e. The van der Waals surface area contributed by atoms with Crippen LogP contribution < -0.4 is 10.1 Å². The third kappa shape index (κ3) is 3.73. The van der Waals surface area contributed by atoms with Crippen LogP contribution in [0.25, 0.3) is 5.69 Å². The van der Waals surface area contributed by atoms with Crippen molar-refractivity contribution in [3.05, 3.63) is 90.5 Å². The molecule has 0 saturated carbocycles. The van der Waals surface area contributed by atoms with E-state index in [0.717, 1.165) is 5.69 Å². The molecule has 28 heavy (non-hydrogen) atoms. The zero-order valence-electron chi connectivity index (χ0n) is 15.1. The summed E-state index contributed by atoms with van der Waals surface area (Å²) in [5.74, 6) is 0.977. The van der Waals surface area contributed by atoms with E-state index in [1.54, 1.807) is 47.4 Å². The van der Waals surface area contributed by atoms with E-state index in [4.69, 9.17) is 4.74 Å². The molecule has 2 heterocycles. The molecule has 0 fully saturated rings. The van der Waals surface area contributed by atoms with Gasteiger partial charge in [0.1, 0.15) is 11.5 Å². The highest BCUT2D eigenvalue weighted by atomic mass is 16.5. The minimum absolute atomic E-state index is 0.277. The van der Waals surface area contributed by atoms with Gasteiger partial charge in [0, 0.05) is 11.9 Å². The van der Waals surface area contributed by atoms with Crippen molar-refractivity contribution in [2.75, 3.05) is 5.32 Å². The van der Waals surface area contributed by atoms with E-state index >= 15 is 0 Å². The maximum Gasteiger partial charge on any atom is 0.278 e. The van der Waals surface area contributed by atoms with E-state index in [2.05, 4.69) is 20.6 Å². The predicted molar refractivity (Wildman–Crippen MR) is 105 cm³/mol. The van der Waals surface area contributed by atoms with Crippen LogP contribution in [0, 0.1) is 6.92 Å². The molecule has 7 nitrogen and oxygen atoms in total. The first-order valence-electron chi connectivity index (χ1n) is 8.68. The van der Waals surface area contributed by atoms with Crippen molar-refractivity contribution in [1.29, 1.82) is 0 Å². The molecule has 138 valence electrons. The number of nitrogens with zero attached hydrogens (tertiary/aromatic N) is 4. The summed E-state index contributed by atoms with van der Waals surface area (Å²) in [7, 11) is 0. The highest BCUT2D eigenvalue weighted by Crippen LogP contribution is 2.22. The third-order valence-electron chi connectivity index (χ3n) is 4.09. The number of pyridine rings is 1. The van der Waals surface area contributed by atoms with Gasteiger partial charge < -0.3 is 10.1 Å². The largest absolute Gasteiger partial charge is 0.456 e. The van der Waals surface area contributed by atoms with Crippen LogP contribution in [0.4, 0.5) is 5.69 Å². The van der Waals surface area contributed by atoms with E-state index in [0.29, 0.717) is 22.9 Å². The van der Waals surface area contributed by atoms with Crippen molar-refractivity contribution in [2.45, 2.75) is 6.92 Å². The van der Waals surface area contributed by atoms with Crippen LogP contribution in [0.1, 0.15) is 16.2 Å². The summed E-state index contributed by atoms with van der Waals surface area (Å²) in [4.78, 5) is 16.6. The molecule has 4 aromatic rings. The maximum absolute atomic E-state index is 12.6. The molecule has 7 heteroatoms. The standard InChI is InChI=1S/C21H17N5O2/c1-15-20(24-25-26(15)17-6-3-2-4-7-17)21(27)23-16-9-11-18(12-10-16)28-19-8-5-13-22-14-19/h2-14H,1H3,(H,23,27). The molecule has 0 aliphatic rings. The highest BCUT2D eigenvalue weighted by Gasteiger charge is 2.17. The van der Waals surface area contributed by atoms with Gasteiger partial charge >= 0.3 is 0 Å². The van der Waals surface area contributed by atoms with Gasteiger partial charge in [-0.05, 0) is 55.5 Å². The van der Waals surface area contributed by atoms with Crippen molar-refractivity contribution in [3.8, 4) is 17.2 Å². The first kappa shape index (κ1) is 17.4. The lowest BCUT2D eigenvalue weighted by Crippen LogP contribution is -2.14. The quantitative estimate of drug-likeness (QED) is 0.573. The minimum atomic E-state index is -0.319. The molecular weight excluding hydrogens is 354 g/mol. The first-order chi connectivity index (χ1) is 13.7. The lowest BCUT2D eigenvalue weighted by atomic mass is 10.2. The second kappa shape index (κ2) is 7.71. The van der Waals surface area contributed by atoms with Crippen LogP contribution in [-0.2, 0) is 0 Å². The Morgan fingerprint density at radius 2 is 1.75 bits per heavy atom. The van der Waals surface area contributed by atoms with Crippen molar-refractivity contribution < 1.29 is 9.53 Å².